The largest absolute Gasteiger partial charge is 0.329 e. The van der Waals surface area contributed by atoms with Gasteiger partial charge >= 0.3 is 5.69 Å². The van der Waals surface area contributed by atoms with E-state index in [0.29, 0.717) is 16.6 Å². The minimum absolute atomic E-state index is 0.161. The van der Waals surface area contributed by atoms with E-state index in [1.165, 1.54) is 9.13 Å². The highest BCUT2D eigenvalue weighted by Gasteiger charge is 2.31. The smallest absolute Gasteiger partial charge is 0.295 e. The number of imide groups is 1. The number of amides is 2. The molecule has 1 fully saturated rings. The Morgan fingerprint density at radius 2 is 2.00 bits per heavy atom. The Hall–Kier alpha value is -2.90. The molecule has 1 aromatic heterocycles. The first-order chi connectivity index (χ1) is 13.1. The zero-order valence-electron chi connectivity index (χ0n) is 15.3. The summed E-state index contributed by atoms with van der Waals surface area (Å²) < 4.78 is 33.4. The molecule has 2 atom stereocenters. The number of benzene rings is 1. The van der Waals surface area contributed by atoms with Gasteiger partial charge in [0.1, 0.15) is 6.04 Å². The normalized spacial score (nSPS) is 18.5. The summed E-state index contributed by atoms with van der Waals surface area (Å²) in [4.78, 5) is 36.2. The quantitative estimate of drug-likeness (QED) is 0.426. The topological polar surface area (TPSA) is 127 Å². The molecule has 3 rings (SSSR count). The van der Waals surface area contributed by atoms with Crippen LogP contribution in [0.1, 0.15) is 31.4 Å². The van der Waals surface area contributed by atoms with Crippen molar-refractivity contribution >= 4 is 33.0 Å². The molecule has 2 unspecified atom stereocenters. The van der Waals surface area contributed by atoms with Gasteiger partial charge in [0.05, 0.1) is 16.8 Å². The van der Waals surface area contributed by atoms with E-state index in [4.69, 9.17) is 4.55 Å². The van der Waals surface area contributed by atoms with E-state index in [2.05, 4.69) is 17.2 Å². The molecule has 0 bridgehead atoms. The van der Waals surface area contributed by atoms with Gasteiger partial charge < -0.3 is 0 Å². The maximum absolute atomic E-state index is 12.7. The van der Waals surface area contributed by atoms with Crippen LogP contribution in [-0.4, -0.2) is 39.7 Å². The van der Waals surface area contributed by atoms with Gasteiger partial charge in [-0.15, -0.1) is 0 Å². The summed E-state index contributed by atoms with van der Waals surface area (Å²) in [6.07, 6.45) is 0.410. The lowest BCUT2D eigenvalue weighted by molar-refractivity contribution is -0.135. The van der Waals surface area contributed by atoms with Crippen molar-refractivity contribution in [2.75, 3.05) is 5.75 Å². The summed E-state index contributed by atoms with van der Waals surface area (Å²) in [5.41, 5.74) is 1.28. The number of aromatic nitrogens is 2. The van der Waals surface area contributed by atoms with Crippen LogP contribution >= 0.6 is 0 Å². The van der Waals surface area contributed by atoms with Gasteiger partial charge in [-0.3, -0.25) is 28.6 Å². The number of hydrogen-bond acceptors (Lipinski definition) is 5. The molecule has 148 valence electrons. The lowest BCUT2D eigenvalue weighted by Crippen LogP contribution is -2.44. The van der Waals surface area contributed by atoms with E-state index in [9.17, 15) is 22.8 Å². The first-order valence-electron chi connectivity index (χ1n) is 8.58. The van der Waals surface area contributed by atoms with E-state index >= 15 is 0 Å². The molecule has 1 aromatic carbocycles. The minimum atomic E-state index is -4.11. The molecular weight excluding hydrogens is 386 g/mol. The van der Waals surface area contributed by atoms with Crippen molar-refractivity contribution in [2.45, 2.75) is 25.8 Å². The summed E-state index contributed by atoms with van der Waals surface area (Å²) in [6.45, 7) is 1.58. The van der Waals surface area contributed by atoms with Crippen LogP contribution in [0.3, 0.4) is 0 Å². The van der Waals surface area contributed by atoms with E-state index in [1.807, 2.05) is 0 Å². The maximum Gasteiger partial charge on any atom is 0.329 e. The second-order valence-corrected chi connectivity index (χ2v) is 8.30. The molecule has 2 aromatic rings. The molecule has 2 amide bonds. The number of aryl methyl sites for hydroxylation is 1. The molecular formula is C18H19N3O6S. The van der Waals surface area contributed by atoms with Gasteiger partial charge in [-0.05, 0) is 24.6 Å². The number of hydrogen-bond donors (Lipinski definition) is 2. The molecule has 2 heterocycles. The molecule has 1 aliphatic heterocycles. The average molecular weight is 405 g/mol. The van der Waals surface area contributed by atoms with Crippen molar-refractivity contribution < 1.29 is 22.6 Å². The van der Waals surface area contributed by atoms with Crippen LogP contribution < -0.4 is 11.0 Å². The van der Waals surface area contributed by atoms with Crippen molar-refractivity contribution in [1.82, 2.24) is 14.5 Å². The van der Waals surface area contributed by atoms with Crippen LogP contribution in [0.15, 0.2) is 23.0 Å². The van der Waals surface area contributed by atoms with E-state index in [1.54, 1.807) is 32.2 Å². The number of rotatable bonds is 3. The highest BCUT2D eigenvalue weighted by atomic mass is 32.2. The fourth-order valence-corrected chi connectivity index (χ4v) is 3.95. The van der Waals surface area contributed by atoms with Gasteiger partial charge in [-0.2, -0.15) is 8.42 Å². The first kappa shape index (κ1) is 19.9. The van der Waals surface area contributed by atoms with Gasteiger partial charge in [0.25, 0.3) is 10.1 Å². The number of imidazole rings is 1. The Balaban J connectivity index is 1.99. The van der Waals surface area contributed by atoms with Crippen LogP contribution in [0.4, 0.5) is 0 Å². The highest BCUT2D eigenvalue weighted by molar-refractivity contribution is 7.85. The monoisotopic (exact) mass is 405 g/mol. The van der Waals surface area contributed by atoms with Crippen molar-refractivity contribution in [3.63, 3.8) is 0 Å². The van der Waals surface area contributed by atoms with E-state index in [-0.39, 0.29) is 24.4 Å². The molecule has 0 radical (unpaired) electrons. The summed E-state index contributed by atoms with van der Waals surface area (Å²) in [6, 6.07) is 4.24. The van der Waals surface area contributed by atoms with Crippen molar-refractivity contribution in [2.24, 2.45) is 13.0 Å². The molecule has 28 heavy (non-hydrogen) atoms. The van der Waals surface area contributed by atoms with Gasteiger partial charge in [-0.1, -0.05) is 18.8 Å². The summed E-state index contributed by atoms with van der Waals surface area (Å²) >= 11 is 0. The molecule has 10 heteroatoms. The lowest BCUT2D eigenvalue weighted by atomic mass is 10.1. The average Bonchev–Trinajstić information content (AvgIpc) is 2.83. The van der Waals surface area contributed by atoms with Gasteiger partial charge in [0.15, 0.2) is 0 Å². The molecule has 9 nitrogen and oxygen atoms in total. The van der Waals surface area contributed by atoms with Crippen molar-refractivity contribution in [1.29, 1.82) is 0 Å². The number of nitrogens with one attached hydrogen (secondary N) is 1. The van der Waals surface area contributed by atoms with Gasteiger partial charge in [-0.25, -0.2) is 4.79 Å². The third-order valence-corrected chi connectivity index (χ3v) is 5.46. The summed E-state index contributed by atoms with van der Waals surface area (Å²) in [5, 5.41) is 2.25. The molecule has 1 saturated heterocycles. The number of nitrogens with zero attached hydrogens (tertiary/aromatic N) is 2. The maximum atomic E-state index is 12.7. The summed E-state index contributed by atoms with van der Waals surface area (Å²) in [7, 11) is -2.53. The van der Waals surface area contributed by atoms with Gasteiger partial charge in [0, 0.05) is 24.9 Å². The second kappa shape index (κ2) is 7.26. The Labute approximate surface area is 161 Å². The Morgan fingerprint density at radius 3 is 2.64 bits per heavy atom. The number of carbonyl (C=O) groups is 2. The Bertz CT molecular complexity index is 1200. The summed E-state index contributed by atoms with van der Waals surface area (Å²) in [5.74, 6) is 3.69. The van der Waals surface area contributed by atoms with Crippen molar-refractivity contribution in [3.8, 4) is 11.8 Å². The fraction of sp³-hybridized carbons (Fsp3) is 0.389. The predicted octanol–water partition coefficient (Wildman–Crippen LogP) is 0.193. The van der Waals surface area contributed by atoms with Crippen LogP contribution in [0.5, 0.6) is 0 Å². The fourth-order valence-electron chi connectivity index (χ4n) is 3.24. The molecule has 2 N–H and O–H groups in total. The molecule has 1 aliphatic rings. The molecule has 0 saturated carbocycles. The Kier molecular flexibility index (Phi) is 5.14. The number of carbonyl (C=O) groups excluding carboxylic acids is 2. The van der Waals surface area contributed by atoms with Crippen LogP contribution in [0.2, 0.25) is 0 Å². The van der Waals surface area contributed by atoms with Crippen LogP contribution in [-0.2, 0) is 26.8 Å². The Morgan fingerprint density at radius 1 is 1.29 bits per heavy atom. The molecule has 0 spiro atoms. The van der Waals surface area contributed by atoms with Gasteiger partial charge in [0.2, 0.25) is 11.8 Å². The number of piperidine rings is 1. The predicted molar refractivity (Wildman–Crippen MR) is 101 cm³/mol. The van der Waals surface area contributed by atoms with Crippen LogP contribution in [0, 0.1) is 17.8 Å². The minimum Gasteiger partial charge on any atom is -0.295 e. The number of fused-ring (bicyclic) bond motifs is 1. The highest BCUT2D eigenvalue weighted by Crippen LogP contribution is 2.23. The zero-order chi connectivity index (χ0) is 20.6. The first-order valence-corrected chi connectivity index (χ1v) is 10.2. The van der Waals surface area contributed by atoms with E-state index < -0.39 is 33.7 Å². The third-order valence-electron chi connectivity index (χ3n) is 4.53. The van der Waals surface area contributed by atoms with E-state index in [0.717, 1.165) is 0 Å². The van der Waals surface area contributed by atoms with Crippen LogP contribution in [0.25, 0.3) is 11.0 Å². The third kappa shape index (κ3) is 4.00. The van der Waals surface area contributed by atoms with Crippen molar-refractivity contribution in [3.05, 3.63) is 34.2 Å². The standard InChI is InChI=1S/C18H19N3O6S/c1-11(10-28(25,26)27)3-4-12-5-6-13-15(9-12)20(2)18(24)21(13)14-7-8-16(22)19-17(14)23/h5-6,9,11,14H,7-8,10H2,1-2H3,(H,19,22,23)(H,25,26,27). The lowest BCUT2D eigenvalue weighted by Gasteiger charge is -2.21. The second-order valence-electron chi connectivity index (χ2n) is 6.80. The SMILES string of the molecule is CC(C#Cc1ccc2c(c1)n(C)c(=O)n2C1CCC(=O)NC1=O)CS(=O)(=O)O. The zero-order valence-corrected chi connectivity index (χ0v) is 16.1. The molecule has 0 aliphatic carbocycles.